The van der Waals surface area contributed by atoms with E-state index in [1.54, 1.807) is 32.1 Å². The molecule has 2 aromatic carbocycles. The SMILES string of the molecule is CCS(=O)(=O)Nc1cc(-c2c[nH]c(=O)c3c2ccn3S(=O)(=O)C2(C)CC=CC=C2C)c(Oc2ccc(F)cc2F)cc1C#N. The lowest BCUT2D eigenvalue weighted by Gasteiger charge is -2.31. The van der Waals surface area contributed by atoms with Gasteiger partial charge in [-0.15, -0.1) is 0 Å². The summed E-state index contributed by atoms with van der Waals surface area (Å²) in [5.41, 5.74) is -0.429. The number of halogens is 2. The van der Waals surface area contributed by atoms with Gasteiger partial charge in [0.15, 0.2) is 11.6 Å². The lowest BCUT2D eigenvalue weighted by molar-refractivity contribution is 0.439. The molecule has 228 valence electrons. The van der Waals surface area contributed by atoms with E-state index in [0.29, 0.717) is 11.6 Å². The van der Waals surface area contributed by atoms with Gasteiger partial charge < -0.3 is 9.72 Å². The number of nitriles is 1. The van der Waals surface area contributed by atoms with Gasteiger partial charge in [0, 0.05) is 41.0 Å². The van der Waals surface area contributed by atoms with Crippen LogP contribution in [0.15, 0.2) is 77.4 Å². The normalized spacial score (nSPS) is 16.9. The molecule has 0 radical (unpaired) electrons. The molecule has 0 bridgehead atoms. The minimum absolute atomic E-state index is 0.0702. The number of hydrogen-bond acceptors (Lipinski definition) is 7. The van der Waals surface area contributed by atoms with Crippen LogP contribution in [0.1, 0.15) is 32.8 Å². The lowest BCUT2D eigenvalue weighted by atomic mass is 9.94. The van der Waals surface area contributed by atoms with Gasteiger partial charge in [0.1, 0.15) is 27.9 Å². The number of anilines is 1. The van der Waals surface area contributed by atoms with Crippen LogP contribution in [0, 0.1) is 23.0 Å². The average molecular weight is 641 g/mol. The molecule has 1 aliphatic carbocycles. The van der Waals surface area contributed by atoms with Gasteiger partial charge in [0.05, 0.1) is 17.0 Å². The fourth-order valence-electron chi connectivity index (χ4n) is 4.90. The second-order valence-corrected chi connectivity index (χ2v) is 14.6. The van der Waals surface area contributed by atoms with Crippen LogP contribution in [0.3, 0.4) is 0 Å². The third-order valence-corrected chi connectivity index (χ3v) is 11.4. The summed E-state index contributed by atoms with van der Waals surface area (Å²) < 4.78 is 88.8. The number of benzene rings is 2. The first-order chi connectivity index (χ1) is 20.7. The number of hydrogen-bond donors (Lipinski definition) is 2. The Morgan fingerprint density at radius 2 is 1.86 bits per heavy atom. The Kier molecular flexibility index (Phi) is 7.73. The van der Waals surface area contributed by atoms with Gasteiger partial charge >= 0.3 is 0 Å². The Labute approximate surface area is 252 Å². The van der Waals surface area contributed by atoms with Crippen molar-refractivity contribution in [3.8, 4) is 28.7 Å². The number of ether oxygens (including phenoxy) is 1. The van der Waals surface area contributed by atoms with Gasteiger partial charge in [-0.3, -0.25) is 9.52 Å². The summed E-state index contributed by atoms with van der Waals surface area (Å²) in [6, 6.07) is 8.32. The van der Waals surface area contributed by atoms with Crippen molar-refractivity contribution >= 4 is 36.6 Å². The van der Waals surface area contributed by atoms with Gasteiger partial charge in [-0.25, -0.2) is 29.6 Å². The van der Waals surface area contributed by atoms with Gasteiger partial charge in [-0.1, -0.05) is 23.8 Å². The molecule has 0 saturated heterocycles. The van der Waals surface area contributed by atoms with Crippen LogP contribution in [0.4, 0.5) is 14.5 Å². The maximum absolute atomic E-state index is 14.6. The number of pyridine rings is 1. The summed E-state index contributed by atoms with van der Waals surface area (Å²) in [7, 11) is -8.08. The summed E-state index contributed by atoms with van der Waals surface area (Å²) in [6.45, 7) is 4.66. The zero-order valence-corrected chi connectivity index (χ0v) is 25.3. The Balaban J connectivity index is 1.78. The molecule has 2 aromatic heterocycles. The first-order valence-electron chi connectivity index (χ1n) is 13.3. The zero-order valence-electron chi connectivity index (χ0n) is 23.7. The molecule has 14 heteroatoms. The molecule has 5 rings (SSSR count). The van der Waals surface area contributed by atoms with Gasteiger partial charge in [-0.05, 0) is 51.5 Å². The number of aromatic amines is 1. The minimum atomic E-state index is -4.20. The highest BCUT2D eigenvalue weighted by Crippen LogP contribution is 2.42. The number of allylic oxidation sites excluding steroid dienone is 3. The molecule has 0 fully saturated rings. The molecule has 2 N–H and O–H groups in total. The molecule has 0 saturated carbocycles. The smallest absolute Gasteiger partial charge is 0.273 e. The van der Waals surface area contributed by atoms with Crippen LogP contribution in [0.25, 0.3) is 22.0 Å². The molecule has 44 heavy (non-hydrogen) atoms. The van der Waals surface area contributed by atoms with Crippen LogP contribution in [-0.4, -0.2) is 36.3 Å². The minimum Gasteiger partial charge on any atom is -0.454 e. The fraction of sp³-hybridized carbons (Fsp3) is 0.200. The van der Waals surface area contributed by atoms with Crippen molar-refractivity contribution in [2.45, 2.75) is 31.9 Å². The van der Waals surface area contributed by atoms with Crippen molar-refractivity contribution < 1.29 is 30.4 Å². The molecule has 0 spiro atoms. The molecule has 1 aliphatic rings. The highest BCUT2D eigenvalue weighted by molar-refractivity contribution is 7.92. The molecule has 0 aliphatic heterocycles. The Hall–Kier alpha value is -4.74. The van der Waals surface area contributed by atoms with Gasteiger partial charge in [0.25, 0.3) is 5.56 Å². The fourth-order valence-corrected chi connectivity index (χ4v) is 7.40. The first-order valence-corrected chi connectivity index (χ1v) is 16.4. The molecular formula is C30H26F2N4O6S2. The predicted molar refractivity (Wildman–Crippen MR) is 162 cm³/mol. The van der Waals surface area contributed by atoms with Crippen molar-refractivity contribution in [1.82, 2.24) is 8.96 Å². The van der Waals surface area contributed by atoms with Crippen molar-refractivity contribution in [2.75, 3.05) is 10.5 Å². The number of aromatic nitrogens is 2. The zero-order chi connectivity index (χ0) is 32.0. The summed E-state index contributed by atoms with van der Waals surface area (Å²) in [4.78, 5) is 15.7. The van der Waals surface area contributed by atoms with Gasteiger partial charge in [0.2, 0.25) is 20.0 Å². The summed E-state index contributed by atoms with van der Waals surface area (Å²) in [6.07, 6.45) is 7.86. The number of fused-ring (bicyclic) bond motifs is 1. The standard InChI is InChI=1S/C30H26F2N4O6S2/c1-4-43(38,39)35-25-15-22(27(13-19(25)16-33)42-26-9-8-20(31)14-24(26)32)23-17-34-29(37)28-21(23)10-12-36(28)44(40,41)30(3)11-6-5-7-18(30)2/h5-10,12-15,17,35H,4,11H2,1-3H3,(H,34,37). The second-order valence-electron chi connectivity index (χ2n) is 10.3. The van der Waals surface area contributed by atoms with Crippen LogP contribution >= 0.6 is 0 Å². The van der Waals surface area contributed by atoms with Crippen LogP contribution in [-0.2, 0) is 20.0 Å². The van der Waals surface area contributed by atoms with E-state index in [0.717, 1.165) is 16.1 Å². The third-order valence-electron chi connectivity index (χ3n) is 7.65. The quantitative estimate of drug-likeness (QED) is 0.257. The van der Waals surface area contributed by atoms with E-state index >= 15 is 0 Å². The average Bonchev–Trinajstić information content (AvgIpc) is 3.44. The molecule has 10 nitrogen and oxygen atoms in total. The van der Waals surface area contributed by atoms with Gasteiger partial charge in [-0.2, -0.15) is 5.26 Å². The van der Waals surface area contributed by atoms with Crippen molar-refractivity contribution in [2.24, 2.45) is 0 Å². The van der Waals surface area contributed by atoms with E-state index in [2.05, 4.69) is 9.71 Å². The number of H-pyrrole nitrogens is 1. The highest BCUT2D eigenvalue weighted by Gasteiger charge is 2.43. The van der Waals surface area contributed by atoms with E-state index in [1.165, 1.54) is 37.5 Å². The van der Waals surface area contributed by atoms with E-state index in [-0.39, 0.29) is 51.2 Å². The van der Waals surface area contributed by atoms with Crippen LogP contribution < -0.4 is 15.0 Å². The highest BCUT2D eigenvalue weighted by atomic mass is 32.2. The van der Waals surface area contributed by atoms with Crippen LogP contribution in [0.5, 0.6) is 11.5 Å². The number of sulfonamides is 1. The summed E-state index contributed by atoms with van der Waals surface area (Å²) >= 11 is 0. The maximum atomic E-state index is 14.6. The monoisotopic (exact) mass is 640 g/mol. The summed E-state index contributed by atoms with van der Waals surface area (Å²) in [5, 5.41) is 9.96. The molecule has 4 aromatic rings. The largest absolute Gasteiger partial charge is 0.454 e. The second kappa shape index (κ2) is 11.1. The number of nitrogens with one attached hydrogen (secondary N) is 2. The Morgan fingerprint density at radius 1 is 1.11 bits per heavy atom. The van der Waals surface area contributed by atoms with E-state index in [9.17, 15) is 35.7 Å². The Bertz CT molecular complexity index is 2210. The third kappa shape index (κ3) is 5.18. The van der Waals surface area contributed by atoms with Crippen molar-refractivity contribution in [3.05, 3.63) is 100 Å². The molecule has 1 atom stereocenters. The lowest BCUT2D eigenvalue weighted by Crippen LogP contribution is -2.41. The van der Waals surface area contributed by atoms with Crippen molar-refractivity contribution in [3.63, 3.8) is 0 Å². The van der Waals surface area contributed by atoms with E-state index in [4.69, 9.17) is 4.74 Å². The number of nitrogens with zero attached hydrogens (tertiary/aromatic N) is 2. The predicted octanol–water partition coefficient (Wildman–Crippen LogP) is 5.54. The molecular weight excluding hydrogens is 614 g/mol. The van der Waals surface area contributed by atoms with Crippen LogP contribution in [0.2, 0.25) is 0 Å². The number of rotatable bonds is 8. The van der Waals surface area contributed by atoms with E-state index < -0.39 is 47.7 Å². The maximum Gasteiger partial charge on any atom is 0.273 e. The molecule has 0 amide bonds. The van der Waals surface area contributed by atoms with Crippen molar-refractivity contribution in [1.29, 1.82) is 5.26 Å². The van der Waals surface area contributed by atoms with E-state index in [1.807, 2.05) is 6.07 Å². The topological polar surface area (TPSA) is 151 Å². The Morgan fingerprint density at radius 3 is 2.52 bits per heavy atom. The summed E-state index contributed by atoms with van der Waals surface area (Å²) in [5.74, 6) is -2.77. The molecule has 2 heterocycles. The molecule has 1 unspecified atom stereocenters. The first kappa shape index (κ1) is 30.7.